The summed E-state index contributed by atoms with van der Waals surface area (Å²) in [6.07, 6.45) is 14.9. The molecule has 0 saturated carbocycles. The first-order valence-electron chi connectivity index (χ1n) is 27.8. The number of carbonyl (C=O) groups is 3. The van der Waals surface area contributed by atoms with Gasteiger partial charge in [0.05, 0.1) is 53.2 Å². The first-order chi connectivity index (χ1) is 40.4. The number of amides is 4. The van der Waals surface area contributed by atoms with Gasteiger partial charge < -0.3 is 25.5 Å². The molecule has 7 heterocycles. The molecule has 0 atom stereocenters. The lowest BCUT2D eigenvalue weighted by Crippen LogP contribution is -2.39. The standard InChI is InChI=1S/C66H59N13O4/c1-6-41-25-46(43-12-14-44(15-13-43)64(80)81)29-50(27-41)71-65(82)78-22-19-58-56(36-78)61(75-62(73-58)48-31-68-38-69-32-48)53-17-16-45(24-40(53)4)54-18-21-67-34-55(54)63-74-59-20-23-79(37-57(59)60(76-63)52-11-9-8-10-39(52)3)66(83)72-51-28-42(7-2)26-47(30-51)49-33-70-77(5)35-49/h8-18,21,24-35,38H,6-7,19-20,22-23,36-37H2,1-5H3,(H,71,82)(H,72,83)(H,80,81). The topological polar surface area (TPSA) is 210 Å². The van der Waals surface area contributed by atoms with Gasteiger partial charge in [0.25, 0.3) is 0 Å². The molecular formula is C66H59N13O4. The van der Waals surface area contributed by atoms with Crippen LogP contribution in [-0.2, 0) is 45.8 Å². The summed E-state index contributed by atoms with van der Waals surface area (Å²) in [7, 11) is 1.89. The molecule has 412 valence electrons. The molecule has 0 saturated heterocycles. The number of fused-ring (bicyclic) bond motifs is 2. The van der Waals surface area contributed by atoms with Crippen LogP contribution in [0, 0.1) is 13.8 Å². The van der Waals surface area contributed by atoms with E-state index in [1.54, 1.807) is 52.4 Å². The fraction of sp³-hybridized carbons (Fsp3) is 0.197. The van der Waals surface area contributed by atoms with Gasteiger partial charge >= 0.3 is 18.0 Å². The second-order valence-corrected chi connectivity index (χ2v) is 21.1. The van der Waals surface area contributed by atoms with E-state index >= 15 is 0 Å². The molecule has 17 heteroatoms. The van der Waals surface area contributed by atoms with Crippen LogP contribution in [0.2, 0.25) is 0 Å². The zero-order valence-electron chi connectivity index (χ0n) is 46.7. The number of nitrogens with one attached hydrogen (secondary N) is 2. The second-order valence-electron chi connectivity index (χ2n) is 21.1. The number of benzene rings is 5. The molecule has 17 nitrogen and oxygen atoms in total. The minimum Gasteiger partial charge on any atom is -0.478 e. The lowest BCUT2D eigenvalue weighted by atomic mass is 9.92. The van der Waals surface area contributed by atoms with Crippen molar-refractivity contribution < 1.29 is 19.5 Å². The van der Waals surface area contributed by atoms with Crippen LogP contribution < -0.4 is 10.6 Å². The monoisotopic (exact) mass is 1100 g/mol. The molecule has 0 unspecified atom stereocenters. The number of carbonyl (C=O) groups excluding carboxylic acids is 2. The number of nitrogens with zero attached hydrogens (tertiary/aromatic N) is 11. The number of carboxylic acids is 1. The number of aromatic carboxylic acids is 1. The number of urea groups is 2. The summed E-state index contributed by atoms with van der Waals surface area (Å²) < 4.78 is 1.77. The van der Waals surface area contributed by atoms with Gasteiger partial charge in [-0.2, -0.15) is 5.10 Å². The zero-order chi connectivity index (χ0) is 57.3. The van der Waals surface area contributed by atoms with Crippen molar-refractivity contribution in [2.45, 2.75) is 66.5 Å². The first kappa shape index (κ1) is 53.4. The number of carboxylic acid groups (broad SMARTS) is 1. The van der Waals surface area contributed by atoms with E-state index in [0.29, 0.717) is 61.1 Å². The Morgan fingerprint density at radius 2 is 1.13 bits per heavy atom. The van der Waals surface area contributed by atoms with Gasteiger partial charge in [-0.1, -0.05) is 80.6 Å². The highest BCUT2D eigenvalue weighted by Crippen LogP contribution is 2.39. The number of hydrogen-bond acceptors (Lipinski definition) is 11. The van der Waals surface area contributed by atoms with Crippen LogP contribution in [0.15, 0.2) is 153 Å². The summed E-state index contributed by atoms with van der Waals surface area (Å²) in [5.41, 5.74) is 19.4. The molecule has 2 aliphatic rings. The Morgan fingerprint density at radius 3 is 1.72 bits per heavy atom. The summed E-state index contributed by atoms with van der Waals surface area (Å²) in [4.78, 5) is 77.8. The summed E-state index contributed by atoms with van der Waals surface area (Å²) in [5.74, 6) is 0.0395. The molecule has 0 aliphatic carbocycles. The molecule has 5 aromatic heterocycles. The highest BCUT2D eigenvalue weighted by Gasteiger charge is 2.30. The minimum absolute atomic E-state index is 0.196. The number of aryl methyl sites for hydroxylation is 5. The molecule has 3 N–H and O–H groups in total. The van der Waals surface area contributed by atoms with Gasteiger partial charge in [-0.15, -0.1) is 0 Å². The van der Waals surface area contributed by atoms with Crippen LogP contribution in [0.4, 0.5) is 21.0 Å². The van der Waals surface area contributed by atoms with E-state index in [2.05, 4.69) is 101 Å². The fourth-order valence-electron chi connectivity index (χ4n) is 11.1. The maximum atomic E-state index is 14.3. The predicted molar refractivity (Wildman–Crippen MR) is 320 cm³/mol. The second kappa shape index (κ2) is 22.7. The molecule has 12 rings (SSSR count). The lowest BCUT2D eigenvalue weighted by molar-refractivity contribution is 0.0696. The highest BCUT2D eigenvalue weighted by atomic mass is 16.4. The summed E-state index contributed by atoms with van der Waals surface area (Å²) in [6.45, 7) is 9.77. The molecule has 83 heavy (non-hydrogen) atoms. The first-order valence-corrected chi connectivity index (χ1v) is 27.8. The third-order valence-electron chi connectivity index (χ3n) is 15.6. The van der Waals surface area contributed by atoms with Crippen molar-refractivity contribution in [3.05, 3.63) is 203 Å². The maximum Gasteiger partial charge on any atom is 0.335 e. The fourth-order valence-corrected chi connectivity index (χ4v) is 11.1. The number of anilines is 2. The van der Waals surface area contributed by atoms with Crippen molar-refractivity contribution in [2.75, 3.05) is 23.7 Å². The van der Waals surface area contributed by atoms with E-state index in [-0.39, 0.29) is 24.2 Å². The third kappa shape index (κ3) is 11.0. The van der Waals surface area contributed by atoms with Gasteiger partial charge in [-0.25, -0.2) is 44.3 Å². The molecule has 4 amide bonds. The normalized spacial score (nSPS) is 12.8. The van der Waals surface area contributed by atoms with E-state index in [9.17, 15) is 19.5 Å². The highest BCUT2D eigenvalue weighted by molar-refractivity contribution is 5.93. The van der Waals surface area contributed by atoms with Crippen molar-refractivity contribution in [1.29, 1.82) is 0 Å². The Bertz CT molecular complexity index is 4160. The SMILES string of the molecule is CCc1cc(NC(=O)N2CCc3nc(-c4cncnc4)nc(-c4ccc(-c5ccncc5-c5nc6c(c(-c7ccccc7C)n5)CN(C(=O)Nc5cc(CC)cc(-c7cnn(C)c7)c5)CC6)cc4C)c3C2)cc(-c2ccc(C(=O)O)cc2)c1. The summed E-state index contributed by atoms with van der Waals surface area (Å²) >= 11 is 0. The Kier molecular flexibility index (Phi) is 14.6. The molecule has 10 aromatic rings. The van der Waals surface area contributed by atoms with Crippen LogP contribution >= 0.6 is 0 Å². The summed E-state index contributed by atoms with van der Waals surface area (Å²) in [6, 6.07) is 34.8. The minimum atomic E-state index is -0.990. The molecule has 0 spiro atoms. The van der Waals surface area contributed by atoms with Crippen molar-refractivity contribution >= 4 is 29.4 Å². The van der Waals surface area contributed by atoms with Crippen molar-refractivity contribution in [3.8, 4) is 78.7 Å². The maximum absolute atomic E-state index is 14.3. The van der Waals surface area contributed by atoms with Crippen LogP contribution in [0.1, 0.15) is 69.0 Å². The van der Waals surface area contributed by atoms with Crippen molar-refractivity contribution in [3.63, 3.8) is 0 Å². The van der Waals surface area contributed by atoms with E-state index < -0.39 is 5.97 Å². The molecular weight excluding hydrogens is 1040 g/mol. The smallest absolute Gasteiger partial charge is 0.335 e. The lowest BCUT2D eigenvalue weighted by Gasteiger charge is -2.30. The molecule has 5 aromatic carbocycles. The van der Waals surface area contributed by atoms with Gasteiger partial charge in [0, 0.05) is 109 Å². The number of hydrogen-bond donors (Lipinski definition) is 3. The van der Waals surface area contributed by atoms with E-state index in [1.807, 2.05) is 73.0 Å². The third-order valence-corrected chi connectivity index (χ3v) is 15.6. The van der Waals surface area contributed by atoms with E-state index in [4.69, 9.17) is 19.9 Å². The predicted octanol–water partition coefficient (Wildman–Crippen LogP) is 12.5. The zero-order valence-corrected chi connectivity index (χ0v) is 46.7. The quantitative estimate of drug-likeness (QED) is 0.104. The van der Waals surface area contributed by atoms with Crippen LogP contribution in [-0.4, -0.2) is 90.7 Å². The van der Waals surface area contributed by atoms with Gasteiger partial charge in [-0.3, -0.25) is 9.67 Å². The summed E-state index contributed by atoms with van der Waals surface area (Å²) in [5, 5.41) is 20.2. The van der Waals surface area contributed by atoms with Crippen molar-refractivity contribution in [1.82, 2.24) is 54.5 Å². The number of rotatable bonds is 12. The Balaban J connectivity index is 0.852. The molecule has 0 fully saturated rings. The molecule has 0 radical (unpaired) electrons. The van der Waals surface area contributed by atoms with E-state index in [0.717, 1.165) is 119 Å². The van der Waals surface area contributed by atoms with Gasteiger partial charge in [0.2, 0.25) is 0 Å². The number of pyridine rings is 1. The Hall–Kier alpha value is -10.3. The number of aromatic nitrogens is 9. The Labute approximate surface area is 480 Å². The largest absolute Gasteiger partial charge is 0.478 e. The Morgan fingerprint density at radius 1 is 0.542 bits per heavy atom. The molecule has 0 bridgehead atoms. The van der Waals surface area contributed by atoms with Crippen LogP contribution in [0.5, 0.6) is 0 Å². The van der Waals surface area contributed by atoms with Crippen LogP contribution in [0.25, 0.3) is 78.7 Å². The van der Waals surface area contributed by atoms with E-state index in [1.165, 1.54) is 6.33 Å². The van der Waals surface area contributed by atoms with Crippen molar-refractivity contribution in [2.24, 2.45) is 7.05 Å². The van der Waals surface area contributed by atoms with Crippen LogP contribution in [0.3, 0.4) is 0 Å². The average Bonchev–Trinajstić information content (AvgIpc) is 3.26. The molecule has 2 aliphatic heterocycles. The van der Waals surface area contributed by atoms with Gasteiger partial charge in [0.1, 0.15) is 6.33 Å². The van der Waals surface area contributed by atoms with Gasteiger partial charge in [0.15, 0.2) is 11.6 Å². The van der Waals surface area contributed by atoms with Gasteiger partial charge in [-0.05, 0) is 119 Å². The average molecular weight is 1100 g/mol.